The number of ether oxygens (including phenoxy) is 3. The van der Waals surface area contributed by atoms with Gasteiger partial charge in [-0.3, -0.25) is 4.79 Å². The molecule has 3 aromatic rings. The van der Waals surface area contributed by atoms with Crippen LogP contribution >= 0.6 is 0 Å². The first-order valence-electron chi connectivity index (χ1n) is 9.25. The van der Waals surface area contributed by atoms with E-state index in [9.17, 15) is 4.79 Å². The molecule has 0 aliphatic heterocycles. The van der Waals surface area contributed by atoms with Gasteiger partial charge in [-0.05, 0) is 30.7 Å². The van der Waals surface area contributed by atoms with Crippen LogP contribution < -0.4 is 9.64 Å². The minimum atomic E-state index is 0.494. The zero-order valence-corrected chi connectivity index (χ0v) is 15.9. The molecule has 0 saturated carbocycles. The molecule has 0 aliphatic carbocycles. The Hall–Kier alpha value is -2.57. The van der Waals surface area contributed by atoms with Crippen molar-refractivity contribution in [1.29, 1.82) is 0 Å². The Morgan fingerprint density at radius 1 is 0.926 bits per heavy atom. The molecule has 0 aliphatic rings. The number of H-pyrrole nitrogens is 1. The van der Waals surface area contributed by atoms with Gasteiger partial charge >= 0.3 is 0 Å². The van der Waals surface area contributed by atoms with Gasteiger partial charge in [0.05, 0.1) is 25.3 Å². The summed E-state index contributed by atoms with van der Waals surface area (Å²) >= 11 is 0. The number of anilines is 1. The van der Waals surface area contributed by atoms with Crippen molar-refractivity contribution in [2.75, 3.05) is 45.0 Å². The quantitative estimate of drug-likeness (QED) is 0.413. The monoisotopic (exact) mass is 370 g/mol. The van der Waals surface area contributed by atoms with E-state index in [-0.39, 0.29) is 0 Å². The highest BCUT2D eigenvalue weighted by atomic mass is 16.5. The third-order valence-corrected chi connectivity index (χ3v) is 4.34. The number of nitrogens with one attached hydrogen (secondary N) is 1. The second kappa shape index (κ2) is 9.39. The van der Waals surface area contributed by atoms with E-state index in [0.717, 1.165) is 52.7 Å². The molecule has 6 heteroatoms. The molecular formula is C21H26N2O4. The molecule has 0 bridgehead atoms. The van der Waals surface area contributed by atoms with Crippen molar-refractivity contribution in [3.8, 4) is 5.75 Å². The molecule has 0 spiro atoms. The molecule has 144 valence electrons. The smallest absolute Gasteiger partial charge is 0.213 e. The Bertz CT molecular complexity index is 890. The molecule has 3 rings (SSSR count). The molecule has 1 heterocycles. The number of hydrogen-bond acceptors (Lipinski definition) is 4. The van der Waals surface area contributed by atoms with Crippen molar-refractivity contribution in [3.63, 3.8) is 0 Å². The lowest BCUT2D eigenvalue weighted by molar-refractivity contribution is -0.107. The maximum atomic E-state index is 11.0. The summed E-state index contributed by atoms with van der Waals surface area (Å²) in [6.45, 7) is 5.09. The third kappa shape index (κ3) is 4.78. The second-order valence-electron chi connectivity index (χ2n) is 6.35. The maximum Gasteiger partial charge on any atom is 0.213 e. The molecule has 0 radical (unpaired) electrons. The Morgan fingerprint density at radius 3 is 2.33 bits per heavy atom. The number of nitrogens with zero attached hydrogens (tertiary/aromatic N) is 1. The zero-order chi connectivity index (χ0) is 19.1. The number of amides is 1. The molecule has 0 atom stereocenters. The first-order valence-corrected chi connectivity index (χ1v) is 9.25. The summed E-state index contributed by atoms with van der Waals surface area (Å²) in [6, 6.07) is 11.9. The number of hydrogen-bond donors (Lipinski definition) is 1. The average molecular weight is 370 g/mol. The highest BCUT2D eigenvalue weighted by Crippen LogP contribution is 2.30. The van der Waals surface area contributed by atoms with Crippen LogP contribution in [0.5, 0.6) is 5.75 Å². The van der Waals surface area contributed by atoms with E-state index in [4.69, 9.17) is 14.2 Å². The maximum absolute atomic E-state index is 11.0. The van der Waals surface area contributed by atoms with Crippen LogP contribution in [0.15, 0.2) is 36.4 Å². The molecule has 27 heavy (non-hydrogen) atoms. The Morgan fingerprint density at radius 2 is 1.59 bits per heavy atom. The fourth-order valence-electron chi connectivity index (χ4n) is 2.93. The lowest BCUT2D eigenvalue weighted by atomic mass is 10.1. The van der Waals surface area contributed by atoms with Crippen molar-refractivity contribution in [1.82, 2.24) is 4.98 Å². The summed E-state index contributed by atoms with van der Waals surface area (Å²) in [5.41, 5.74) is 2.84. The number of fused-ring (bicyclic) bond motifs is 3. The van der Waals surface area contributed by atoms with Gasteiger partial charge in [0.1, 0.15) is 12.4 Å². The molecule has 1 amide bonds. The number of carbonyl (C=O) groups is 1. The van der Waals surface area contributed by atoms with Crippen LogP contribution in [0.25, 0.3) is 21.8 Å². The van der Waals surface area contributed by atoms with Gasteiger partial charge in [-0.2, -0.15) is 0 Å². The summed E-state index contributed by atoms with van der Waals surface area (Å²) in [7, 11) is 1.74. The fraction of sp³-hybridized carbons (Fsp3) is 0.381. The van der Waals surface area contributed by atoms with Crippen LogP contribution in [0, 0.1) is 0 Å². The van der Waals surface area contributed by atoms with Crippen molar-refractivity contribution < 1.29 is 19.0 Å². The predicted octanol–water partition coefficient (Wildman–Crippen LogP) is 3.74. The minimum Gasteiger partial charge on any atom is -0.491 e. The van der Waals surface area contributed by atoms with Crippen molar-refractivity contribution in [2.45, 2.75) is 13.3 Å². The van der Waals surface area contributed by atoms with Gasteiger partial charge in [0.25, 0.3) is 0 Å². The molecule has 0 fully saturated rings. The van der Waals surface area contributed by atoms with Crippen LogP contribution in [0.3, 0.4) is 0 Å². The van der Waals surface area contributed by atoms with Gasteiger partial charge in [-0.15, -0.1) is 0 Å². The Kier molecular flexibility index (Phi) is 6.68. The van der Waals surface area contributed by atoms with Crippen molar-refractivity contribution in [3.05, 3.63) is 36.4 Å². The molecular weight excluding hydrogens is 344 g/mol. The van der Waals surface area contributed by atoms with Crippen LogP contribution in [-0.2, 0) is 14.3 Å². The van der Waals surface area contributed by atoms with Gasteiger partial charge in [0.2, 0.25) is 6.41 Å². The minimum absolute atomic E-state index is 0.494. The van der Waals surface area contributed by atoms with Crippen LogP contribution in [0.4, 0.5) is 5.69 Å². The highest BCUT2D eigenvalue weighted by Gasteiger charge is 2.08. The van der Waals surface area contributed by atoms with Crippen molar-refractivity contribution >= 4 is 33.9 Å². The van der Waals surface area contributed by atoms with Gasteiger partial charge in [0, 0.05) is 41.7 Å². The van der Waals surface area contributed by atoms with E-state index in [1.54, 1.807) is 11.9 Å². The largest absolute Gasteiger partial charge is 0.491 e. The van der Waals surface area contributed by atoms with Crippen LogP contribution in [0.2, 0.25) is 0 Å². The fourth-order valence-corrected chi connectivity index (χ4v) is 2.93. The Balaban J connectivity index is 1.60. The summed E-state index contributed by atoms with van der Waals surface area (Å²) in [5, 5.41) is 2.25. The van der Waals surface area contributed by atoms with E-state index in [1.165, 1.54) is 0 Å². The first kappa shape index (κ1) is 19.2. The molecule has 2 aromatic carbocycles. The average Bonchev–Trinajstić information content (AvgIpc) is 3.06. The van der Waals surface area contributed by atoms with Gasteiger partial charge in [0.15, 0.2) is 0 Å². The normalized spacial score (nSPS) is 11.2. The lowest BCUT2D eigenvalue weighted by Gasteiger charge is -2.09. The number of carbonyl (C=O) groups excluding carboxylic acids is 1. The molecule has 0 saturated heterocycles. The van der Waals surface area contributed by atoms with E-state index in [0.29, 0.717) is 26.4 Å². The first-order chi connectivity index (χ1) is 13.2. The SMILES string of the molecule is CCCOCCOCCOc1ccc2c(c1)[nH]c1cc(N(C)C=O)ccc12. The number of aromatic nitrogens is 1. The molecule has 6 nitrogen and oxygen atoms in total. The highest BCUT2D eigenvalue weighted by molar-refractivity contribution is 6.08. The van der Waals surface area contributed by atoms with Crippen molar-refractivity contribution in [2.24, 2.45) is 0 Å². The molecule has 1 aromatic heterocycles. The topological polar surface area (TPSA) is 63.8 Å². The summed E-state index contributed by atoms with van der Waals surface area (Å²) < 4.78 is 16.6. The van der Waals surface area contributed by atoms with Gasteiger partial charge in [-0.25, -0.2) is 0 Å². The standard InChI is InChI=1S/C21H26N2O4/c1-3-8-25-9-10-26-11-12-27-17-5-7-19-18-6-4-16(23(2)15-24)13-20(18)22-21(19)14-17/h4-7,13-15,22H,3,8-12H2,1-2H3. The number of rotatable bonds is 11. The predicted molar refractivity (Wildman–Crippen MR) is 108 cm³/mol. The third-order valence-electron chi connectivity index (χ3n) is 4.34. The Labute approximate surface area is 159 Å². The van der Waals surface area contributed by atoms with Gasteiger partial charge in [-0.1, -0.05) is 13.0 Å². The number of benzene rings is 2. The van der Waals surface area contributed by atoms with E-state index >= 15 is 0 Å². The summed E-state index contributed by atoms with van der Waals surface area (Å²) in [5.74, 6) is 0.796. The molecule has 0 unspecified atom stereocenters. The lowest BCUT2D eigenvalue weighted by Crippen LogP contribution is -2.13. The van der Waals surface area contributed by atoms with Crippen LogP contribution in [0.1, 0.15) is 13.3 Å². The second-order valence-corrected chi connectivity index (χ2v) is 6.35. The van der Waals surface area contributed by atoms with E-state index in [2.05, 4.69) is 11.9 Å². The molecule has 1 N–H and O–H groups in total. The number of aromatic amines is 1. The van der Waals surface area contributed by atoms with Gasteiger partial charge < -0.3 is 24.1 Å². The van der Waals surface area contributed by atoms with E-state index in [1.807, 2.05) is 36.4 Å². The van der Waals surface area contributed by atoms with E-state index < -0.39 is 0 Å². The summed E-state index contributed by atoms with van der Waals surface area (Å²) in [6.07, 6.45) is 1.82. The summed E-state index contributed by atoms with van der Waals surface area (Å²) in [4.78, 5) is 15.9. The zero-order valence-electron chi connectivity index (χ0n) is 15.9. The van der Waals surface area contributed by atoms with Crippen LogP contribution in [-0.4, -0.2) is 51.5 Å².